The molecule has 8 nitrogen and oxygen atoms in total. The molecule has 0 bridgehead atoms. The maximum atomic E-state index is 12.5. The van der Waals surface area contributed by atoms with E-state index in [-0.39, 0.29) is 24.5 Å². The summed E-state index contributed by atoms with van der Waals surface area (Å²) in [5.41, 5.74) is 0. The highest BCUT2D eigenvalue weighted by atomic mass is 16.2. The summed E-state index contributed by atoms with van der Waals surface area (Å²) in [6, 6.07) is 0.109. The molecule has 2 aliphatic heterocycles. The van der Waals surface area contributed by atoms with Gasteiger partial charge >= 0.3 is 6.03 Å². The molecule has 0 saturated carbocycles. The van der Waals surface area contributed by atoms with E-state index < -0.39 is 0 Å². The molecule has 3 rings (SSSR count). The zero-order valence-corrected chi connectivity index (χ0v) is 13.3. The predicted molar refractivity (Wildman–Crippen MR) is 85.0 cm³/mol. The molecule has 1 aromatic heterocycles. The summed E-state index contributed by atoms with van der Waals surface area (Å²) in [6.45, 7) is 3.04. The minimum absolute atomic E-state index is 0.0130. The van der Waals surface area contributed by atoms with Crippen molar-refractivity contribution in [1.82, 2.24) is 25.1 Å². The number of urea groups is 1. The predicted octanol–water partition coefficient (Wildman–Crippen LogP) is -0.0710. The zero-order chi connectivity index (χ0) is 16.2. The number of aromatic nitrogens is 2. The third-order valence-electron chi connectivity index (χ3n) is 4.39. The van der Waals surface area contributed by atoms with Gasteiger partial charge in [0.25, 0.3) is 0 Å². The molecule has 2 aliphatic rings. The Morgan fingerprint density at radius 2 is 2.30 bits per heavy atom. The van der Waals surface area contributed by atoms with Crippen LogP contribution in [0.4, 0.5) is 10.6 Å². The average Bonchev–Trinajstić information content (AvgIpc) is 3.02. The summed E-state index contributed by atoms with van der Waals surface area (Å²) in [5, 5.41) is 2.82. The molecule has 1 aromatic rings. The summed E-state index contributed by atoms with van der Waals surface area (Å²) in [4.78, 5) is 38.1. The van der Waals surface area contributed by atoms with Gasteiger partial charge in [0, 0.05) is 45.6 Å². The van der Waals surface area contributed by atoms with Crippen molar-refractivity contribution in [1.29, 1.82) is 0 Å². The van der Waals surface area contributed by atoms with Gasteiger partial charge in [0.1, 0.15) is 5.82 Å². The van der Waals surface area contributed by atoms with Crippen molar-refractivity contribution < 1.29 is 9.59 Å². The lowest BCUT2D eigenvalue weighted by atomic mass is 10.0. The van der Waals surface area contributed by atoms with E-state index in [1.54, 1.807) is 23.5 Å². The molecular formula is C15H22N6O2. The molecule has 1 N–H and O–H groups in total. The zero-order valence-electron chi connectivity index (χ0n) is 13.3. The van der Waals surface area contributed by atoms with Crippen molar-refractivity contribution >= 4 is 17.8 Å². The van der Waals surface area contributed by atoms with Gasteiger partial charge in [-0.25, -0.2) is 9.78 Å². The van der Waals surface area contributed by atoms with Crippen LogP contribution >= 0.6 is 0 Å². The van der Waals surface area contributed by atoms with E-state index in [1.165, 1.54) is 0 Å². The number of amides is 3. The molecule has 0 aliphatic carbocycles. The van der Waals surface area contributed by atoms with Crippen molar-refractivity contribution in [3.8, 4) is 0 Å². The average molecular weight is 318 g/mol. The molecule has 23 heavy (non-hydrogen) atoms. The SMILES string of the molecule is CN(CC(=O)N1CCCC(N2CCNC2=O)C1)c1cnccn1. The molecule has 2 fully saturated rings. The number of nitrogens with zero attached hydrogens (tertiary/aromatic N) is 5. The number of hydrogen-bond donors (Lipinski definition) is 1. The molecule has 124 valence electrons. The van der Waals surface area contributed by atoms with Crippen molar-refractivity contribution in [2.24, 2.45) is 0 Å². The number of likely N-dealkylation sites (N-methyl/N-ethyl adjacent to an activating group) is 1. The molecule has 0 radical (unpaired) electrons. The van der Waals surface area contributed by atoms with Crippen LogP contribution in [0, 0.1) is 0 Å². The van der Waals surface area contributed by atoms with Crippen molar-refractivity contribution in [3.63, 3.8) is 0 Å². The molecule has 1 atom stereocenters. The van der Waals surface area contributed by atoms with Crippen LogP contribution in [0.1, 0.15) is 12.8 Å². The summed E-state index contributed by atoms with van der Waals surface area (Å²) < 4.78 is 0. The van der Waals surface area contributed by atoms with Gasteiger partial charge in [0.2, 0.25) is 5.91 Å². The fraction of sp³-hybridized carbons (Fsp3) is 0.600. The first-order valence-corrected chi connectivity index (χ1v) is 7.94. The van der Waals surface area contributed by atoms with E-state index in [2.05, 4.69) is 15.3 Å². The number of carbonyl (C=O) groups is 2. The highest BCUT2D eigenvalue weighted by Crippen LogP contribution is 2.18. The Bertz CT molecular complexity index is 566. The molecule has 0 spiro atoms. The molecule has 1 unspecified atom stereocenters. The number of rotatable bonds is 4. The fourth-order valence-corrected chi connectivity index (χ4v) is 3.14. The van der Waals surface area contributed by atoms with Gasteiger partial charge in [-0.3, -0.25) is 9.78 Å². The number of likely N-dealkylation sites (tertiary alicyclic amines) is 1. The Morgan fingerprint density at radius 1 is 1.43 bits per heavy atom. The first kappa shape index (κ1) is 15.5. The Morgan fingerprint density at radius 3 is 3.00 bits per heavy atom. The smallest absolute Gasteiger partial charge is 0.317 e. The molecular weight excluding hydrogens is 296 g/mol. The number of nitrogens with one attached hydrogen (secondary N) is 1. The largest absolute Gasteiger partial charge is 0.349 e. The van der Waals surface area contributed by atoms with E-state index in [9.17, 15) is 9.59 Å². The summed E-state index contributed by atoms with van der Waals surface area (Å²) in [6.07, 6.45) is 6.74. The minimum Gasteiger partial charge on any atom is -0.349 e. The van der Waals surface area contributed by atoms with Crippen LogP contribution < -0.4 is 10.2 Å². The van der Waals surface area contributed by atoms with Crippen molar-refractivity contribution in [3.05, 3.63) is 18.6 Å². The van der Waals surface area contributed by atoms with Crippen LogP contribution in [-0.2, 0) is 4.79 Å². The maximum absolute atomic E-state index is 12.5. The van der Waals surface area contributed by atoms with Crippen molar-refractivity contribution in [2.75, 3.05) is 44.7 Å². The second kappa shape index (κ2) is 6.80. The number of hydrogen-bond acceptors (Lipinski definition) is 5. The van der Waals surface area contributed by atoms with Crippen molar-refractivity contribution in [2.45, 2.75) is 18.9 Å². The van der Waals surface area contributed by atoms with Gasteiger partial charge in [-0.1, -0.05) is 0 Å². The quantitative estimate of drug-likeness (QED) is 0.840. The summed E-state index contributed by atoms with van der Waals surface area (Å²) in [7, 11) is 1.83. The van der Waals surface area contributed by atoms with Crippen LogP contribution in [0.5, 0.6) is 0 Å². The monoisotopic (exact) mass is 318 g/mol. The van der Waals surface area contributed by atoms with Crippen LogP contribution in [0.3, 0.4) is 0 Å². The van der Waals surface area contributed by atoms with Gasteiger partial charge in [0.05, 0.1) is 18.8 Å². The van der Waals surface area contributed by atoms with E-state index in [4.69, 9.17) is 0 Å². The first-order valence-electron chi connectivity index (χ1n) is 7.94. The van der Waals surface area contributed by atoms with Gasteiger partial charge in [-0.15, -0.1) is 0 Å². The summed E-state index contributed by atoms with van der Waals surface area (Å²) in [5.74, 6) is 0.732. The minimum atomic E-state index is -0.0130. The van der Waals surface area contributed by atoms with E-state index in [1.807, 2.05) is 16.8 Å². The van der Waals surface area contributed by atoms with E-state index >= 15 is 0 Å². The normalized spacial score (nSPS) is 21.3. The first-order chi connectivity index (χ1) is 11.1. The standard InChI is InChI=1S/C15H22N6O2/c1-19(13-9-16-4-5-17-13)11-14(22)20-7-2-3-12(10-20)21-8-6-18-15(21)23/h4-5,9,12H,2-3,6-8,10-11H2,1H3,(H,18,23). The molecule has 3 amide bonds. The van der Waals surface area contributed by atoms with Gasteiger partial charge in [-0.2, -0.15) is 0 Å². The fourth-order valence-electron chi connectivity index (χ4n) is 3.14. The lowest BCUT2D eigenvalue weighted by molar-refractivity contribution is -0.131. The second-order valence-corrected chi connectivity index (χ2v) is 5.98. The molecule has 8 heteroatoms. The van der Waals surface area contributed by atoms with Crippen LogP contribution in [0.15, 0.2) is 18.6 Å². The van der Waals surface area contributed by atoms with Crippen LogP contribution in [0.25, 0.3) is 0 Å². The number of carbonyl (C=O) groups excluding carboxylic acids is 2. The molecule has 3 heterocycles. The Labute approximate surface area is 135 Å². The van der Waals surface area contributed by atoms with Crippen LogP contribution in [0.2, 0.25) is 0 Å². The highest BCUT2D eigenvalue weighted by molar-refractivity contribution is 5.81. The Kier molecular flexibility index (Phi) is 4.59. The van der Waals surface area contributed by atoms with Crippen LogP contribution in [-0.4, -0.2) is 77.5 Å². The Balaban J connectivity index is 1.57. The topological polar surface area (TPSA) is 81.7 Å². The Hall–Kier alpha value is -2.38. The van der Waals surface area contributed by atoms with E-state index in [0.29, 0.717) is 18.9 Å². The number of anilines is 1. The van der Waals surface area contributed by atoms with Gasteiger partial charge in [-0.05, 0) is 12.8 Å². The summed E-state index contributed by atoms with van der Waals surface area (Å²) >= 11 is 0. The third-order valence-corrected chi connectivity index (χ3v) is 4.39. The lowest BCUT2D eigenvalue weighted by Gasteiger charge is -2.37. The van der Waals surface area contributed by atoms with Gasteiger partial charge in [0.15, 0.2) is 0 Å². The molecule has 2 saturated heterocycles. The van der Waals surface area contributed by atoms with E-state index in [0.717, 1.165) is 25.9 Å². The maximum Gasteiger partial charge on any atom is 0.317 e. The highest BCUT2D eigenvalue weighted by Gasteiger charge is 2.32. The van der Waals surface area contributed by atoms with Gasteiger partial charge < -0.3 is 20.0 Å². The third kappa shape index (κ3) is 3.52. The second-order valence-electron chi connectivity index (χ2n) is 5.98. The lowest BCUT2D eigenvalue weighted by Crippen LogP contribution is -2.52. The number of piperidine rings is 1. The molecule has 0 aromatic carbocycles.